The highest BCUT2D eigenvalue weighted by atomic mass is 32.2. The number of rotatable bonds is 2. The maximum Gasteiger partial charge on any atom is 0.235 e. The molecule has 2 fully saturated rings. The topological polar surface area (TPSA) is 80.5 Å². The number of sulfone groups is 1. The van der Waals surface area contributed by atoms with Crippen LogP contribution in [0.1, 0.15) is 39.0 Å². The first kappa shape index (κ1) is 15.7. The first-order chi connectivity index (χ1) is 9.28. The molecule has 1 unspecified atom stereocenters. The highest BCUT2D eigenvalue weighted by Gasteiger charge is 2.47. The van der Waals surface area contributed by atoms with Gasteiger partial charge in [0, 0.05) is 12.6 Å². The molecule has 1 atom stereocenters. The molecule has 2 N–H and O–H groups in total. The quantitative estimate of drug-likeness (QED) is 0.764. The third-order valence-corrected chi connectivity index (χ3v) is 6.70. The number of carbonyl (C=O) groups excluding carboxylic acids is 1. The van der Waals surface area contributed by atoms with Gasteiger partial charge in [0.1, 0.15) is 0 Å². The summed E-state index contributed by atoms with van der Waals surface area (Å²) >= 11 is 5.17. The lowest BCUT2D eigenvalue weighted by Crippen LogP contribution is -2.58. The lowest BCUT2D eigenvalue weighted by Gasteiger charge is -2.42. The maximum atomic E-state index is 12.9. The largest absolute Gasteiger partial charge is 0.392 e. The number of hydrogen-bond donors (Lipinski definition) is 1. The molecule has 7 heteroatoms. The Hall–Kier alpha value is -0.690. The van der Waals surface area contributed by atoms with E-state index in [1.807, 2.05) is 0 Å². The second kappa shape index (κ2) is 5.60. The molecule has 0 bridgehead atoms. The zero-order valence-corrected chi connectivity index (χ0v) is 13.4. The summed E-state index contributed by atoms with van der Waals surface area (Å²) in [5.74, 6) is 0.00920. The summed E-state index contributed by atoms with van der Waals surface area (Å²) in [5.41, 5.74) is 5.13. The normalized spacial score (nSPS) is 28.9. The molecule has 2 rings (SSSR count). The van der Waals surface area contributed by atoms with Crippen LogP contribution in [0.15, 0.2) is 0 Å². The van der Waals surface area contributed by atoms with Crippen LogP contribution in [-0.4, -0.2) is 48.3 Å². The van der Waals surface area contributed by atoms with Crippen LogP contribution in [0.25, 0.3) is 0 Å². The van der Waals surface area contributed by atoms with Crippen molar-refractivity contribution in [1.82, 2.24) is 4.90 Å². The highest BCUT2D eigenvalue weighted by molar-refractivity contribution is 7.91. The fraction of sp³-hybridized carbons (Fsp3) is 0.846. The zero-order chi connectivity index (χ0) is 15.0. The molecule has 1 amide bonds. The Balaban J connectivity index is 2.22. The van der Waals surface area contributed by atoms with Crippen LogP contribution >= 0.6 is 12.2 Å². The molecular formula is C13H22N2O3S2. The molecule has 1 aliphatic carbocycles. The van der Waals surface area contributed by atoms with Crippen LogP contribution in [0.3, 0.4) is 0 Å². The van der Waals surface area contributed by atoms with E-state index in [4.69, 9.17) is 18.0 Å². The molecule has 20 heavy (non-hydrogen) atoms. The van der Waals surface area contributed by atoms with Gasteiger partial charge in [0.05, 0.1) is 21.9 Å². The predicted octanol–water partition coefficient (Wildman–Crippen LogP) is 0.868. The number of thiocarbonyl (C=S) groups is 1. The van der Waals surface area contributed by atoms with Crippen LogP contribution in [0.4, 0.5) is 0 Å². The molecule has 114 valence electrons. The fourth-order valence-electron chi connectivity index (χ4n) is 3.30. The van der Waals surface area contributed by atoms with Gasteiger partial charge < -0.3 is 10.6 Å². The fourth-order valence-corrected chi connectivity index (χ4v) is 5.14. The Morgan fingerprint density at radius 3 is 2.40 bits per heavy atom. The predicted molar refractivity (Wildman–Crippen MR) is 82.1 cm³/mol. The van der Waals surface area contributed by atoms with E-state index in [1.165, 1.54) is 0 Å². The summed E-state index contributed by atoms with van der Waals surface area (Å²) in [6.45, 7) is 2.04. The molecule has 1 aliphatic heterocycles. The molecule has 1 saturated heterocycles. The lowest BCUT2D eigenvalue weighted by atomic mass is 9.72. The SMILES string of the molecule is CC1CS(=O)(=O)CCN1C(=O)C1(C(N)=S)CCCCC1. The Morgan fingerprint density at radius 1 is 1.30 bits per heavy atom. The van der Waals surface area contributed by atoms with Crippen molar-refractivity contribution in [2.24, 2.45) is 11.1 Å². The van der Waals surface area contributed by atoms with Gasteiger partial charge in [0.15, 0.2) is 9.84 Å². The minimum Gasteiger partial charge on any atom is -0.392 e. The van der Waals surface area contributed by atoms with Crippen LogP contribution < -0.4 is 5.73 Å². The summed E-state index contributed by atoms with van der Waals surface area (Å²) in [5, 5.41) is 0. The van der Waals surface area contributed by atoms with Gasteiger partial charge >= 0.3 is 0 Å². The lowest BCUT2D eigenvalue weighted by molar-refractivity contribution is -0.141. The average Bonchev–Trinajstić information content (AvgIpc) is 2.37. The van der Waals surface area contributed by atoms with Gasteiger partial charge in [0.25, 0.3) is 0 Å². The molecule has 5 nitrogen and oxygen atoms in total. The number of nitrogens with zero attached hydrogens (tertiary/aromatic N) is 1. The van der Waals surface area contributed by atoms with E-state index in [0.29, 0.717) is 12.8 Å². The van der Waals surface area contributed by atoms with Crippen molar-refractivity contribution in [3.8, 4) is 0 Å². The third-order valence-electron chi connectivity index (χ3n) is 4.52. The first-order valence-corrected chi connectivity index (χ1v) is 9.33. The van der Waals surface area contributed by atoms with E-state index in [9.17, 15) is 13.2 Å². The van der Waals surface area contributed by atoms with Crippen LogP contribution in [-0.2, 0) is 14.6 Å². The number of carbonyl (C=O) groups is 1. The van der Waals surface area contributed by atoms with Crippen molar-refractivity contribution in [3.05, 3.63) is 0 Å². The Bertz CT molecular complexity index is 510. The second-order valence-corrected chi connectivity index (χ2v) is 8.64. The maximum absolute atomic E-state index is 12.9. The minimum atomic E-state index is -3.03. The monoisotopic (exact) mass is 318 g/mol. The van der Waals surface area contributed by atoms with Gasteiger partial charge in [-0.2, -0.15) is 0 Å². The van der Waals surface area contributed by atoms with Crippen molar-refractivity contribution < 1.29 is 13.2 Å². The highest BCUT2D eigenvalue weighted by Crippen LogP contribution is 2.39. The first-order valence-electron chi connectivity index (χ1n) is 7.10. The summed E-state index contributed by atoms with van der Waals surface area (Å²) < 4.78 is 23.3. The smallest absolute Gasteiger partial charge is 0.235 e. The van der Waals surface area contributed by atoms with E-state index >= 15 is 0 Å². The molecule has 0 spiro atoms. The summed E-state index contributed by atoms with van der Waals surface area (Å²) in [6.07, 6.45) is 4.38. The molecule has 1 saturated carbocycles. The van der Waals surface area contributed by atoms with E-state index < -0.39 is 15.3 Å². The molecule has 2 aliphatic rings. The summed E-state index contributed by atoms with van der Waals surface area (Å²) in [4.78, 5) is 14.8. The van der Waals surface area contributed by atoms with Crippen LogP contribution in [0, 0.1) is 5.41 Å². The van der Waals surface area contributed by atoms with Gasteiger partial charge in [0.2, 0.25) is 5.91 Å². The minimum absolute atomic E-state index is 0.0339. The van der Waals surface area contributed by atoms with Crippen LogP contribution in [0.2, 0.25) is 0 Å². The zero-order valence-electron chi connectivity index (χ0n) is 11.8. The molecule has 0 aromatic heterocycles. The molecule has 1 heterocycles. The van der Waals surface area contributed by atoms with Gasteiger partial charge in [-0.05, 0) is 19.8 Å². The van der Waals surface area contributed by atoms with E-state index in [2.05, 4.69) is 0 Å². The Labute approximate surface area is 125 Å². The molecule has 0 aromatic carbocycles. The van der Waals surface area contributed by atoms with Gasteiger partial charge in [-0.25, -0.2) is 8.42 Å². The van der Waals surface area contributed by atoms with Crippen molar-refractivity contribution in [2.45, 2.75) is 45.1 Å². The average molecular weight is 318 g/mol. The van der Waals surface area contributed by atoms with Crippen molar-refractivity contribution >= 4 is 33.0 Å². The Kier molecular flexibility index (Phi) is 4.39. The third kappa shape index (κ3) is 2.83. The van der Waals surface area contributed by atoms with Gasteiger partial charge in [-0.15, -0.1) is 0 Å². The van der Waals surface area contributed by atoms with E-state index in [0.717, 1.165) is 19.3 Å². The number of hydrogen-bond acceptors (Lipinski definition) is 4. The molecule has 0 radical (unpaired) electrons. The van der Waals surface area contributed by atoms with Gasteiger partial charge in [-0.1, -0.05) is 31.5 Å². The molecule has 0 aromatic rings. The summed E-state index contributed by atoms with van der Waals surface area (Å²) in [7, 11) is -3.03. The Morgan fingerprint density at radius 2 is 1.90 bits per heavy atom. The summed E-state index contributed by atoms with van der Waals surface area (Å²) in [6, 6.07) is -0.297. The molecular weight excluding hydrogens is 296 g/mol. The van der Waals surface area contributed by atoms with Crippen LogP contribution in [0.5, 0.6) is 0 Å². The second-order valence-electron chi connectivity index (χ2n) is 5.97. The van der Waals surface area contributed by atoms with E-state index in [-0.39, 0.29) is 35.0 Å². The van der Waals surface area contributed by atoms with Crippen molar-refractivity contribution in [2.75, 3.05) is 18.1 Å². The number of amides is 1. The van der Waals surface area contributed by atoms with E-state index in [1.54, 1.807) is 11.8 Å². The van der Waals surface area contributed by atoms with Crippen molar-refractivity contribution in [1.29, 1.82) is 0 Å². The van der Waals surface area contributed by atoms with Gasteiger partial charge in [-0.3, -0.25) is 4.79 Å². The number of nitrogens with two attached hydrogens (primary N) is 1. The van der Waals surface area contributed by atoms with Crippen molar-refractivity contribution in [3.63, 3.8) is 0 Å². The standard InChI is InChI=1S/C13H22N2O3S2/c1-10-9-20(17,18)8-7-15(10)12(16)13(11(14)19)5-3-2-4-6-13/h10H,2-9H2,1H3,(H2,14,19).